The number of likely N-dealkylation sites (N-methyl/N-ethyl adjacent to an activating group) is 1. The van der Waals surface area contributed by atoms with Crippen LogP contribution < -0.4 is 5.32 Å². The van der Waals surface area contributed by atoms with Gasteiger partial charge in [0.2, 0.25) is 0 Å². The summed E-state index contributed by atoms with van der Waals surface area (Å²) in [6, 6.07) is 7.50. The van der Waals surface area contributed by atoms with Gasteiger partial charge in [0.15, 0.2) is 0 Å². The monoisotopic (exact) mass is 325 g/mol. The van der Waals surface area contributed by atoms with Crippen LogP contribution in [0.5, 0.6) is 0 Å². The van der Waals surface area contributed by atoms with Crippen LogP contribution in [-0.2, 0) is 0 Å². The fourth-order valence-corrected chi connectivity index (χ4v) is 3.38. The van der Waals surface area contributed by atoms with E-state index in [4.69, 9.17) is 0 Å². The van der Waals surface area contributed by atoms with E-state index in [1.165, 1.54) is 0 Å². The Bertz CT molecular complexity index is 875. The fourth-order valence-electron chi connectivity index (χ4n) is 3.38. The van der Waals surface area contributed by atoms with E-state index in [1.807, 2.05) is 13.0 Å². The molecule has 0 radical (unpaired) electrons. The zero-order valence-corrected chi connectivity index (χ0v) is 13.8. The number of aryl methyl sites for hydroxylation is 1. The normalized spacial score (nSPS) is 18.4. The Balaban J connectivity index is 1.78. The number of nitrogens with one attached hydrogen (secondary N) is 2. The average Bonchev–Trinajstić information content (AvgIpc) is 3.19. The van der Waals surface area contributed by atoms with Crippen molar-refractivity contribution in [1.29, 1.82) is 0 Å². The van der Waals surface area contributed by atoms with Crippen molar-refractivity contribution < 1.29 is 4.39 Å². The molecular formula is C18H20FN5. The molecule has 1 aliphatic rings. The Kier molecular flexibility index (Phi) is 3.69. The van der Waals surface area contributed by atoms with Crippen LogP contribution in [0.2, 0.25) is 0 Å². The van der Waals surface area contributed by atoms with E-state index < -0.39 is 0 Å². The number of hydrogen-bond acceptors (Lipinski definition) is 4. The molecule has 0 aliphatic carbocycles. The quantitative estimate of drug-likeness (QED) is 0.776. The molecule has 1 aromatic carbocycles. The lowest BCUT2D eigenvalue weighted by molar-refractivity contribution is 0.414. The maximum atomic E-state index is 14.6. The van der Waals surface area contributed by atoms with Gasteiger partial charge in [0.05, 0.1) is 11.2 Å². The van der Waals surface area contributed by atoms with Gasteiger partial charge in [-0.15, -0.1) is 0 Å². The summed E-state index contributed by atoms with van der Waals surface area (Å²) in [7, 11) is 2.12. The third kappa shape index (κ3) is 2.73. The van der Waals surface area contributed by atoms with Gasteiger partial charge in [-0.25, -0.2) is 4.39 Å². The first-order chi connectivity index (χ1) is 11.6. The lowest BCUT2D eigenvalue weighted by Gasteiger charge is -2.17. The topological polar surface area (TPSA) is 56.8 Å². The van der Waals surface area contributed by atoms with E-state index in [0.717, 1.165) is 41.8 Å². The maximum absolute atomic E-state index is 14.6. The zero-order chi connectivity index (χ0) is 16.7. The van der Waals surface area contributed by atoms with Gasteiger partial charge in [0.25, 0.3) is 0 Å². The number of fused-ring (bicyclic) bond motifs is 1. The van der Waals surface area contributed by atoms with Crippen LogP contribution in [-0.4, -0.2) is 46.3 Å². The maximum Gasteiger partial charge on any atom is 0.133 e. The van der Waals surface area contributed by atoms with Gasteiger partial charge in [0, 0.05) is 41.1 Å². The van der Waals surface area contributed by atoms with E-state index in [1.54, 1.807) is 24.4 Å². The second-order valence-corrected chi connectivity index (χ2v) is 6.52. The Morgan fingerprint density at radius 2 is 2.21 bits per heavy atom. The van der Waals surface area contributed by atoms with Crippen molar-refractivity contribution in [2.24, 2.45) is 0 Å². The molecular weight excluding hydrogens is 305 g/mol. The fraction of sp³-hybridized carbons (Fsp3) is 0.333. The van der Waals surface area contributed by atoms with Crippen molar-refractivity contribution in [3.63, 3.8) is 0 Å². The van der Waals surface area contributed by atoms with Crippen molar-refractivity contribution in [2.75, 3.05) is 25.5 Å². The highest BCUT2D eigenvalue weighted by molar-refractivity contribution is 5.94. The molecule has 0 spiro atoms. The van der Waals surface area contributed by atoms with Gasteiger partial charge in [-0.05, 0) is 51.2 Å². The highest BCUT2D eigenvalue weighted by atomic mass is 19.1. The Morgan fingerprint density at radius 3 is 2.92 bits per heavy atom. The van der Waals surface area contributed by atoms with Gasteiger partial charge < -0.3 is 10.2 Å². The first-order valence-corrected chi connectivity index (χ1v) is 8.16. The molecule has 2 aromatic heterocycles. The molecule has 5 nitrogen and oxygen atoms in total. The summed E-state index contributed by atoms with van der Waals surface area (Å²) >= 11 is 0. The van der Waals surface area contributed by atoms with E-state index in [0.29, 0.717) is 17.3 Å². The van der Waals surface area contributed by atoms with E-state index >= 15 is 0 Å². The number of likely N-dealkylation sites (tertiary alicyclic amines) is 1. The lowest BCUT2D eigenvalue weighted by atomic mass is 10.1. The molecule has 6 heteroatoms. The van der Waals surface area contributed by atoms with Crippen LogP contribution in [0.25, 0.3) is 22.2 Å². The van der Waals surface area contributed by atoms with Crippen LogP contribution in [0.1, 0.15) is 12.1 Å². The summed E-state index contributed by atoms with van der Waals surface area (Å²) in [5, 5.41) is 11.1. The molecule has 124 valence electrons. The number of halogens is 1. The zero-order valence-electron chi connectivity index (χ0n) is 13.8. The summed E-state index contributed by atoms with van der Waals surface area (Å²) in [5.41, 5.74) is 3.80. The summed E-state index contributed by atoms with van der Waals surface area (Å²) < 4.78 is 14.6. The van der Waals surface area contributed by atoms with Crippen molar-refractivity contribution in [1.82, 2.24) is 20.1 Å². The third-order valence-corrected chi connectivity index (χ3v) is 4.57. The van der Waals surface area contributed by atoms with E-state index in [9.17, 15) is 4.39 Å². The molecule has 4 rings (SSSR count). The number of pyridine rings is 1. The molecule has 1 fully saturated rings. The summed E-state index contributed by atoms with van der Waals surface area (Å²) in [6.07, 6.45) is 2.71. The third-order valence-electron chi connectivity index (χ3n) is 4.57. The van der Waals surface area contributed by atoms with Gasteiger partial charge in [-0.2, -0.15) is 5.10 Å². The number of H-pyrrole nitrogens is 1. The molecule has 24 heavy (non-hydrogen) atoms. The molecule has 2 N–H and O–H groups in total. The molecule has 0 bridgehead atoms. The second kappa shape index (κ2) is 5.87. The summed E-state index contributed by atoms with van der Waals surface area (Å²) in [4.78, 5) is 6.88. The van der Waals surface area contributed by atoms with Crippen LogP contribution in [0.4, 0.5) is 10.1 Å². The SMILES string of the molecule is Cc1cc(N[C@@H]2CCN(C)C2)c2cc(F)c(-c3ccn[nH]3)cc2n1. The summed E-state index contributed by atoms with van der Waals surface area (Å²) in [6.45, 7) is 4.04. The van der Waals surface area contributed by atoms with Crippen LogP contribution in [0, 0.1) is 12.7 Å². The number of anilines is 1. The highest BCUT2D eigenvalue weighted by Crippen LogP contribution is 2.31. The second-order valence-electron chi connectivity index (χ2n) is 6.52. The minimum atomic E-state index is -0.274. The minimum absolute atomic E-state index is 0.274. The first kappa shape index (κ1) is 15.1. The van der Waals surface area contributed by atoms with E-state index in [-0.39, 0.29) is 5.82 Å². The standard InChI is InChI=1S/C18H20FN5/c1-11-7-17(22-12-4-6-24(2)10-12)14-8-15(19)13(9-18(14)21-11)16-3-5-20-23-16/h3,5,7-9,12H,4,6,10H2,1-2H3,(H,20,23)(H,21,22)/t12-/m1/s1. The Hall–Kier alpha value is -2.47. The lowest BCUT2D eigenvalue weighted by Crippen LogP contribution is -2.23. The molecule has 1 saturated heterocycles. The average molecular weight is 325 g/mol. The molecule has 1 atom stereocenters. The highest BCUT2D eigenvalue weighted by Gasteiger charge is 2.20. The Morgan fingerprint density at radius 1 is 1.33 bits per heavy atom. The predicted molar refractivity (Wildman–Crippen MR) is 93.5 cm³/mol. The molecule has 1 aliphatic heterocycles. The van der Waals surface area contributed by atoms with Crippen molar-refractivity contribution in [3.05, 3.63) is 42.0 Å². The smallest absolute Gasteiger partial charge is 0.133 e. The molecule has 3 heterocycles. The largest absolute Gasteiger partial charge is 0.380 e. The van der Waals surface area contributed by atoms with Crippen LogP contribution in [0.3, 0.4) is 0 Å². The number of rotatable bonds is 3. The van der Waals surface area contributed by atoms with Gasteiger partial charge in [-0.1, -0.05) is 0 Å². The van der Waals surface area contributed by atoms with Crippen molar-refractivity contribution in [2.45, 2.75) is 19.4 Å². The summed E-state index contributed by atoms with van der Waals surface area (Å²) in [5.74, 6) is -0.274. The van der Waals surface area contributed by atoms with Gasteiger partial charge in [-0.3, -0.25) is 10.1 Å². The molecule has 0 amide bonds. The molecule has 3 aromatic rings. The minimum Gasteiger partial charge on any atom is -0.380 e. The molecule has 0 saturated carbocycles. The van der Waals surface area contributed by atoms with Gasteiger partial charge >= 0.3 is 0 Å². The Labute approximate surface area is 139 Å². The predicted octanol–water partition coefficient (Wildman–Crippen LogP) is 3.19. The van der Waals surface area contributed by atoms with Crippen LogP contribution >= 0.6 is 0 Å². The molecule has 0 unspecified atom stereocenters. The number of nitrogens with zero attached hydrogens (tertiary/aromatic N) is 3. The van der Waals surface area contributed by atoms with Crippen molar-refractivity contribution >= 4 is 16.6 Å². The number of aromatic amines is 1. The van der Waals surface area contributed by atoms with Gasteiger partial charge in [0.1, 0.15) is 5.82 Å². The van der Waals surface area contributed by atoms with E-state index in [2.05, 4.69) is 32.4 Å². The van der Waals surface area contributed by atoms with Crippen LogP contribution in [0.15, 0.2) is 30.5 Å². The number of aromatic nitrogens is 3. The number of hydrogen-bond donors (Lipinski definition) is 2. The van der Waals surface area contributed by atoms with Crippen molar-refractivity contribution in [3.8, 4) is 11.3 Å². The number of benzene rings is 1. The first-order valence-electron chi connectivity index (χ1n) is 8.16.